The fourth-order valence-electron chi connectivity index (χ4n) is 4.89. The summed E-state index contributed by atoms with van der Waals surface area (Å²) in [4.78, 5) is 31.5. The second kappa shape index (κ2) is 11.4. The first-order chi connectivity index (χ1) is 18.0. The molecule has 0 N–H and O–H groups in total. The molecule has 5 rings (SSSR count). The van der Waals surface area contributed by atoms with Gasteiger partial charge in [-0.25, -0.2) is 8.78 Å². The highest BCUT2D eigenvalue weighted by Gasteiger charge is 2.34. The van der Waals surface area contributed by atoms with Gasteiger partial charge in [-0.1, -0.05) is 6.07 Å². The summed E-state index contributed by atoms with van der Waals surface area (Å²) in [7, 11) is 0. The third kappa shape index (κ3) is 5.99. The Labute approximate surface area is 218 Å². The van der Waals surface area contributed by atoms with Crippen molar-refractivity contribution >= 4 is 23.2 Å². The number of hydrogen-bond donors (Lipinski definition) is 0. The SMILES string of the molecule is O=C(c1cccc(F)c1)N(CC(=O)N1CCc2sccc2[C@H]1COc1ccc(F)cc1)C[C@@H]1CCCO1. The Bertz CT molecular complexity index is 1240. The largest absolute Gasteiger partial charge is 0.491 e. The third-order valence-electron chi connectivity index (χ3n) is 6.77. The summed E-state index contributed by atoms with van der Waals surface area (Å²) in [5.41, 5.74) is 1.22. The van der Waals surface area contributed by atoms with Crippen LogP contribution in [0.5, 0.6) is 5.75 Å². The minimum Gasteiger partial charge on any atom is -0.491 e. The maximum absolute atomic E-state index is 13.9. The number of halogens is 2. The fraction of sp³-hybridized carbons (Fsp3) is 0.357. The van der Waals surface area contributed by atoms with Crippen LogP contribution in [0.4, 0.5) is 8.78 Å². The van der Waals surface area contributed by atoms with Crippen LogP contribution in [0, 0.1) is 11.6 Å². The van der Waals surface area contributed by atoms with E-state index in [4.69, 9.17) is 9.47 Å². The number of ether oxygens (including phenoxy) is 2. The van der Waals surface area contributed by atoms with Gasteiger partial charge in [-0.2, -0.15) is 0 Å². The Kier molecular flexibility index (Phi) is 7.81. The fourth-order valence-corrected chi connectivity index (χ4v) is 5.82. The smallest absolute Gasteiger partial charge is 0.254 e. The molecule has 1 fully saturated rings. The lowest BCUT2D eigenvalue weighted by Gasteiger charge is -2.37. The van der Waals surface area contributed by atoms with Crippen LogP contribution in [0.1, 0.15) is 39.7 Å². The average molecular weight is 527 g/mol. The van der Waals surface area contributed by atoms with E-state index in [-0.39, 0.29) is 49.1 Å². The molecule has 9 heteroatoms. The number of carbonyl (C=O) groups excluding carboxylic acids is 2. The first-order valence-electron chi connectivity index (χ1n) is 12.4. The van der Waals surface area contributed by atoms with Crippen molar-refractivity contribution in [2.75, 3.05) is 32.8 Å². The number of thiophene rings is 1. The zero-order chi connectivity index (χ0) is 25.8. The van der Waals surface area contributed by atoms with Gasteiger partial charge in [0.1, 0.15) is 30.5 Å². The van der Waals surface area contributed by atoms with Crippen LogP contribution < -0.4 is 4.74 Å². The lowest BCUT2D eigenvalue weighted by Crippen LogP contribution is -2.49. The average Bonchev–Trinajstić information content (AvgIpc) is 3.59. The zero-order valence-electron chi connectivity index (χ0n) is 20.3. The molecule has 0 spiro atoms. The van der Waals surface area contributed by atoms with Gasteiger partial charge in [0.2, 0.25) is 5.91 Å². The minimum absolute atomic E-state index is 0.151. The monoisotopic (exact) mass is 526 g/mol. The van der Waals surface area contributed by atoms with Gasteiger partial charge in [0.05, 0.1) is 12.1 Å². The van der Waals surface area contributed by atoms with Crippen molar-refractivity contribution in [3.05, 3.63) is 87.6 Å². The molecule has 0 bridgehead atoms. The summed E-state index contributed by atoms with van der Waals surface area (Å²) < 4.78 is 38.9. The number of amides is 2. The van der Waals surface area contributed by atoms with Gasteiger partial charge < -0.3 is 19.3 Å². The summed E-state index contributed by atoms with van der Waals surface area (Å²) >= 11 is 1.65. The van der Waals surface area contributed by atoms with E-state index < -0.39 is 11.7 Å². The van der Waals surface area contributed by atoms with Crippen molar-refractivity contribution in [1.29, 1.82) is 0 Å². The zero-order valence-corrected chi connectivity index (χ0v) is 21.1. The van der Waals surface area contributed by atoms with E-state index in [0.29, 0.717) is 18.9 Å². The van der Waals surface area contributed by atoms with Gasteiger partial charge in [0, 0.05) is 30.1 Å². The third-order valence-corrected chi connectivity index (χ3v) is 7.77. The van der Waals surface area contributed by atoms with Crippen molar-refractivity contribution in [1.82, 2.24) is 9.80 Å². The maximum atomic E-state index is 13.9. The second-order valence-electron chi connectivity index (χ2n) is 9.25. The van der Waals surface area contributed by atoms with E-state index in [2.05, 4.69) is 0 Å². The first-order valence-corrected chi connectivity index (χ1v) is 13.3. The standard InChI is InChI=1S/C28H28F2N2O4S/c29-20-6-8-22(9-7-20)36-18-25-24-11-14-37-26(24)10-12-32(25)27(33)17-31(16-23-5-2-13-35-23)28(34)19-3-1-4-21(30)15-19/h1,3-4,6-9,11,14-15,23,25H,2,5,10,12-13,16-18H2/t23-,25+/m0/s1. The van der Waals surface area contributed by atoms with E-state index in [0.717, 1.165) is 24.8 Å². The summed E-state index contributed by atoms with van der Waals surface area (Å²) in [5, 5.41) is 2.00. The molecule has 0 radical (unpaired) electrons. The number of benzene rings is 2. The van der Waals surface area contributed by atoms with Crippen LogP contribution in [0.2, 0.25) is 0 Å². The molecule has 6 nitrogen and oxygen atoms in total. The van der Waals surface area contributed by atoms with Crippen molar-refractivity contribution < 1.29 is 27.8 Å². The predicted octanol–water partition coefficient (Wildman–Crippen LogP) is 4.85. The quantitative estimate of drug-likeness (QED) is 0.421. The molecule has 2 amide bonds. The Morgan fingerprint density at radius 1 is 1.11 bits per heavy atom. The topological polar surface area (TPSA) is 59.1 Å². The van der Waals surface area contributed by atoms with Gasteiger partial charge >= 0.3 is 0 Å². The van der Waals surface area contributed by atoms with Crippen molar-refractivity contribution in [3.8, 4) is 5.75 Å². The molecule has 2 aliphatic rings. The molecule has 0 unspecified atom stereocenters. The molecule has 0 aliphatic carbocycles. The molecule has 3 aromatic rings. The van der Waals surface area contributed by atoms with Crippen LogP contribution >= 0.6 is 11.3 Å². The normalized spacial score (nSPS) is 18.9. The highest BCUT2D eigenvalue weighted by molar-refractivity contribution is 7.10. The van der Waals surface area contributed by atoms with Crippen LogP contribution in [-0.2, 0) is 16.0 Å². The number of fused-ring (bicyclic) bond motifs is 1. The lowest BCUT2D eigenvalue weighted by molar-refractivity contribution is -0.135. The molecule has 3 heterocycles. The molecular formula is C28H28F2N2O4S. The van der Waals surface area contributed by atoms with Gasteiger partial charge in [-0.15, -0.1) is 11.3 Å². The van der Waals surface area contributed by atoms with E-state index in [1.54, 1.807) is 34.4 Å². The van der Waals surface area contributed by atoms with Gasteiger partial charge in [-0.05, 0) is 78.7 Å². The Morgan fingerprint density at radius 3 is 2.70 bits per heavy atom. The van der Waals surface area contributed by atoms with Crippen molar-refractivity contribution in [2.24, 2.45) is 0 Å². The van der Waals surface area contributed by atoms with Crippen LogP contribution in [0.3, 0.4) is 0 Å². The first kappa shape index (κ1) is 25.4. The van der Waals surface area contributed by atoms with Crippen LogP contribution in [0.15, 0.2) is 60.0 Å². The Morgan fingerprint density at radius 2 is 1.95 bits per heavy atom. The molecule has 2 atom stereocenters. The van der Waals surface area contributed by atoms with Crippen molar-refractivity contribution in [3.63, 3.8) is 0 Å². The molecule has 2 aliphatic heterocycles. The highest BCUT2D eigenvalue weighted by atomic mass is 32.1. The number of hydrogen-bond acceptors (Lipinski definition) is 5. The van der Waals surface area contributed by atoms with Crippen molar-refractivity contribution in [2.45, 2.75) is 31.4 Å². The molecule has 1 aromatic heterocycles. The van der Waals surface area contributed by atoms with Gasteiger partial charge in [0.25, 0.3) is 5.91 Å². The van der Waals surface area contributed by atoms with E-state index >= 15 is 0 Å². The highest BCUT2D eigenvalue weighted by Crippen LogP contribution is 2.34. The Balaban J connectivity index is 1.35. The lowest BCUT2D eigenvalue weighted by atomic mass is 10.00. The summed E-state index contributed by atoms with van der Waals surface area (Å²) in [6, 6.07) is 12.9. The molecule has 37 heavy (non-hydrogen) atoms. The molecule has 2 aromatic carbocycles. The van der Waals surface area contributed by atoms with E-state index in [9.17, 15) is 18.4 Å². The maximum Gasteiger partial charge on any atom is 0.254 e. The summed E-state index contributed by atoms with van der Waals surface area (Å²) in [6.45, 7) is 1.42. The number of carbonyl (C=O) groups is 2. The number of rotatable bonds is 8. The Hall–Kier alpha value is -3.30. The summed E-state index contributed by atoms with van der Waals surface area (Å²) in [5.74, 6) is -0.968. The number of nitrogens with zero attached hydrogens (tertiary/aromatic N) is 2. The second-order valence-corrected chi connectivity index (χ2v) is 10.2. The van der Waals surface area contributed by atoms with Crippen LogP contribution in [-0.4, -0.2) is 60.6 Å². The minimum atomic E-state index is -0.506. The molecule has 0 saturated carbocycles. The molecule has 194 valence electrons. The molecular weight excluding hydrogens is 498 g/mol. The van der Waals surface area contributed by atoms with Crippen LogP contribution in [0.25, 0.3) is 0 Å². The predicted molar refractivity (Wildman–Crippen MR) is 136 cm³/mol. The van der Waals surface area contributed by atoms with Gasteiger partial charge in [-0.3, -0.25) is 9.59 Å². The van der Waals surface area contributed by atoms with E-state index in [1.807, 2.05) is 11.4 Å². The van der Waals surface area contributed by atoms with Gasteiger partial charge in [0.15, 0.2) is 0 Å². The van der Waals surface area contributed by atoms with E-state index in [1.165, 1.54) is 40.1 Å². The molecule has 1 saturated heterocycles. The summed E-state index contributed by atoms with van der Waals surface area (Å²) in [6.07, 6.45) is 2.26.